The predicted molar refractivity (Wildman–Crippen MR) is 91.4 cm³/mol. The van der Waals surface area contributed by atoms with Gasteiger partial charge in [-0.3, -0.25) is 9.59 Å². The Balaban J connectivity index is 1.90. The summed E-state index contributed by atoms with van der Waals surface area (Å²) in [6, 6.07) is 7.09. The topological polar surface area (TPSA) is 91.7 Å². The van der Waals surface area contributed by atoms with E-state index in [0.717, 1.165) is 12.8 Å². The molecule has 0 saturated carbocycles. The lowest BCUT2D eigenvalue weighted by molar-refractivity contribution is -0.131. The summed E-state index contributed by atoms with van der Waals surface area (Å²) in [6.45, 7) is 1.78. The van der Waals surface area contributed by atoms with Gasteiger partial charge in [-0.05, 0) is 30.9 Å². The molecule has 7 heteroatoms. The van der Waals surface area contributed by atoms with Crippen molar-refractivity contribution in [2.24, 2.45) is 5.92 Å². The zero-order valence-corrected chi connectivity index (χ0v) is 14.6. The summed E-state index contributed by atoms with van der Waals surface area (Å²) in [5, 5.41) is 11.5. The van der Waals surface area contributed by atoms with Gasteiger partial charge in [0.15, 0.2) is 0 Å². The molecule has 7 nitrogen and oxygen atoms in total. The van der Waals surface area contributed by atoms with Gasteiger partial charge in [0.1, 0.15) is 23.5 Å². The van der Waals surface area contributed by atoms with E-state index in [4.69, 9.17) is 14.7 Å². The highest BCUT2D eigenvalue weighted by Crippen LogP contribution is 2.28. The highest BCUT2D eigenvalue weighted by molar-refractivity contribution is 5.99. The Morgan fingerprint density at radius 1 is 1.24 bits per heavy atom. The summed E-state index contributed by atoms with van der Waals surface area (Å²) >= 11 is 0. The SMILES string of the molecule is COc1cccc(OC)c1C(=O)NCC1CCN(C(=O)CC#N)CC1. The quantitative estimate of drug-likeness (QED) is 0.845. The van der Waals surface area contributed by atoms with Crippen molar-refractivity contribution in [2.45, 2.75) is 19.3 Å². The lowest BCUT2D eigenvalue weighted by Gasteiger charge is -2.31. The second-order valence-electron chi connectivity index (χ2n) is 5.91. The molecule has 1 heterocycles. The molecule has 0 unspecified atom stereocenters. The van der Waals surface area contributed by atoms with Crippen LogP contribution in [0.25, 0.3) is 0 Å². The third-order valence-corrected chi connectivity index (χ3v) is 4.40. The van der Waals surface area contributed by atoms with Crippen molar-refractivity contribution in [3.63, 3.8) is 0 Å². The molecule has 0 atom stereocenters. The lowest BCUT2D eigenvalue weighted by atomic mass is 9.96. The third kappa shape index (κ3) is 4.63. The largest absolute Gasteiger partial charge is 0.496 e. The molecule has 1 aliphatic rings. The number of nitrogens with zero attached hydrogens (tertiary/aromatic N) is 2. The Morgan fingerprint density at radius 2 is 1.84 bits per heavy atom. The van der Waals surface area contributed by atoms with Crippen LogP contribution in [-0.4, -0.2) is 50.6 Å². The molecule has 1 fully saturated rings. The molecule has 1 aromatic rings. The normalized spacial score (nSPS) is 14.5. The van der Waals surface area contributed by atoms with Crippen molar-refractivity contribution in [1.29, 1.82) is 5.26 Å². The summed E-state index contributed by atoms with van der Waals surface area (Å²) in [5.41, 5.74) is 0.383. The number of nitriles is 1. The monoisotopic (exact) mass is 345 g/mol. The van der Waals surface area contributed by atoms with E-state index in [-0.39, 0.29) is 18.2 Å². The number of carbonyl (C=O) groups is 2. The van der Waals surface area contributed by atoms with Crippen LogP contribution in [0.4, 0.5) is 0 Å². The Bertz CT molecular complexity index is 639. The number of hydrogen-bond acceptors (Lipinski definition) is 5. The molecule has 25 heavy (non-hydrogen) atoms. The van der Waals surface area contributed by atoms with Gasteiger partial charge in [0.2, 0.25) is 5.91 Å². The third-order valence-electron chi connectivity index (χ3n) is 4.40. The zero-order valence-electron chi connectivity index (χ0n) is 14.6. The van der Waals surface area contributed by atoms with Gasteiger partial charge in [-0.25, -0.2) is 0 Å². The number of methoxy groups -OCH3 is 2. The Morgan fingerprint density at radius 3 is 2.36 bits per heavy atom. The molecule has 134 valence electrons. The number of piperidine rings is 1. The van der Waals surface area contributed by atoms with E-state index < -0.39 is 0 Å². The molecular formula is C18H23N3O4. The van der Waals surface area contributed by atoms with E-state index in [2.05, 4.69) is 5.32 Å². The molecule has 0 radical (unpaired) electrons. The minimum absolute atomic E-state index is 0.0744. The first kappa shape index (κ1) is 18.6. The van der Waals surface area contributed by atoms with Gasteiger partial charge in [0, 0.05) is 19.6 Å². The van der Waals surface area contributed by atoms with Gasteiger partial charge in [-0.2, -0.15) is 5.26 Å². The first-order valence-electron chi connectivity index (χ1n) is 8.24. The zero-order chi connectivity index (χ0) is 18.2. The second-order valence-corrected chi connectivity index (χ2v) is 5.91. The average molecular weight is 345 g/mol. The molecule has 0 aromatic heterocycles. The van der Waals surface area contributed by atoms with Crippen LogP contribution < -0.4 is 14.8 Å². The van der Waals surface area contributed by atoms with Crippen LogP contribution in [0.15, 0.2) is 18.2 Å². The van der Waals surface area contributed by atoms with Crippen molar-refractivity contribution in [1.82, 2.24) is 10.2 Å². The van der Waals surface area contributed by atoms with Crippen molar-refractivity contribution in [3.8, 4) is 17.6 Å². The molecule has 0 aliphatic carbocycles. The number of ether oxygens (including phenoxy) is 2. The fraction of sp³-hybridized carbons (Fsp3) is 0.500. The molecule has 2 amide bonds. The van der Waals surface area contributed by atoms with Crippen molar-refractivity contribution in [3.05, 3.63) is 23.8 Å². The molecule has 2 rings (SSSR count). The van der Waals surface area contributed by atoms with E-state index in [0.29, 0.717) is 42.6 Å². The van der Waals surface area contributed by atoms with Crippen molar-refractivity contribution in [2.75, 3.05) is 33.9 Å². The smallest absolute Gasteiger partial charge is 0.258 e. The highest BCUT2D eigenvalue weighted by Gasteiger charge is 2.24. The molecular weight excluding hydrogens is 322 g/mol. The summed E-state index contributed by atoms with van der Waals surface area (Å²) in [5.74, 6) is 0.874. The van der Waals surface area contributed by atoms with Crippen molar-refractivity contribution < 1.29 is 19.1 Å². The first-order chi connectivity index (χ1) is 12.1. The fourth-order valence-electron chi connectivity index (χ4n) is 2.97. The van der Waals surface area contributed by atoms with E-state index in [1.165, 1.54) is 14.2 Å². The maximum Gasteiger partial charge on any atom is 0.258 e. The van der Waals surface area contributed by atoms with E-state index in [1.54, 1.807) is 23.1 Å². The maximum absolute atomic E-state index is 12.5. The number of benzene rings is 1. The number of nitrogens with one attached hydrogen (secondary N) is 1. The van der Waals surface area contributed by atoms with Gasteiger partial charge in [0.05, 0.1) is 20.3 Å². The van der Waals surface area contributed by atoms with E-state index >= 15 is 0 Å². The van der Waals surface area contributed by atoms with E-state index in [1.807, 2.05) is 6.07 Å². The number of likely N-dealkylation sites (tertiary alicyclic amines) is 1. The second kappa shape index (κ2) is 8.92. The summed E-state index contributed by atoms with van der Waals surface area (Å²) in [7, 11) is 3.03. The number of hydrogen-bond donors (Lipinski definition) is 1. The van der Waals surface area contributed by atoms with Crippen LogP contribution in [0.3, 0.4) is 0 Å². The molecule has 1 aliphatic heterocycles. The first-order valence-corrected chi connectivity index (χ1v) is 8.24. The number of carbonyl (C=O) groups excluding carboxylic acids is 2. The van der Waals surface area contributed by atoms with Gasteiger partial charge in [0.25, 0.3) is 5.91 Å². The molecule has 1 saturated heterocycles. The summed E-state index contributed by atoms with van der Waals surface area (Å²) in [6.07, 6.45) is 1.54. The Kier molecular flexibility index (Phi) is 6.63. The Labute approximate surface area is 147 Å². The highest BCUT2D eigenvalue weighted by atomic mass is 16.5. The van der Waals surface area contributed by atoms with Gasteiger partial charge in [-0.15, -0.1) is 0 Å². The van der Waals surface area contributed by atoms with Gasteiger partial charge >= 0.3 is 0 Å². The van der Waals surface area contributed by atoms with Crippen LogP contribution in [0, 0.1) is 17.2 Å². The van der Waals surface area contributed by atoms with E-state index in [9.17, 15) is 9.59 Å². The summed E-state index contributed by atoms with van der Waals surface area (Å²) < 4.78 is 10.5. The maximum atomic E-state index is 12.5. The average Bonchev–Trinajstić information content (AvgIpc) is 2.65. The van der Waals surface area contributed by atoms with Crippen LogP contribution in [0.1, 0.15) is 29.6 Å². The molecule has 1 N–H and O–H groups in total. The minimum Gasteiger partial charge on any atom is -0.496 e. The van der Waals surface area contributed by atoms with Gasteiger partial charge in [-0.1, -0.05) is 6.07 Å². The Hall–Kier alpha value is -2.75. The number of rotatable bonds is 6. The number of amides is 2. The van der Waals surface area contributed by atoms with Crippen LogP contribution in [0.2, 0.25) is 0 Å². The predicted octanol–water partition coefficient (Wildman–Crippen LogP) is 1.59. The van der Waals surface area contributed by atoms with Crippen LogP contribution in [0.5, 0.6) is 11.5 Å². The minimum atomic E-state index is -0.239. The van der Waals surface area contributed by atoms with Crippen LogP contribution in [-0.2, 0) is 4.79 Å². The molecule has 1 aromatic carbocycles. The summed E-state index contributed by atoms with van der Waals surface area (Å²) in [4.78, 5) is 25.9. The van der Waals surface area contributed by atoms with Crippen molar-refractivity contribution >= 4 is 11.8 Å². The molecule has 0 bridgehead atoms. The standard InChI is InChI=1S/C18H23N3O4/c1-24-14-4-3-5-15(25-2)17(14)18(23)20-12-13-7-10-21(11-8-13)16(22)6-9-19/h3-5,13H,6-8,10-12H2,1-2H3,(H,20,23). The molecule has 0 spiro atoms. The van der Waals surface area contributed by atoms with Crippen LogP contribution >= 0.6 is 0 Å². The fourth-order valence-corrected chi connectivity index (χ4v) is 2.97. The lowest BCUT2D eigenvalue weighted by Crippen LogP contribution is -2.41. The van der Waals surface area contributed by atoms with Gasteiger partial charge < -0.3 is 19.7 Å².